The Balaban J connectivity index is 1.74. The van der Waals surface area contributed by atoms with Crippen molar-refractivity contribution >= 4 is 0 Å². The fourth-order valence-corrected chi connectivity index (χ4v) is 2.33. The van der Waals surface area contributed by atoms with E-state index in [2.05, 4.69) is 15.3 Å². The lowest BCUT2D eigenvalue weighted by Crippen LogP contribution is -2.05. The Kier molecular flexibility index (Phi) is 3.92. The number of pyridine rings is 1. The van der Waals surface area contributed by atoms with Gasteiger partial charge >= 0.3 is 0 Å². The zero-order chi connectivity index (χ0) is 13.8. The van der Waals surface area contributed by atoms with Gasteiger partial charge in [0.05, 0.1) is 25.5 Å². The molecule has 0 aliphatic carbocycles. The Morgan fingerprint density at radius 1 is 1.50 bits per heavy atom. The standard InChI is InChI=1S/C14H18N4O2/c1-2-20-14-11(4-3-6-15-14)8-18-9-13(16-17-18)12-5-7-19-10-12/h3-4,6,9,12H,2,5,7-8,10H2,1H3/t12-/m0/s1. The molecular formula is C14H18N4O2. The Hall–Kier alpha value is -1.95. The summed E-state index contributed by atoms with van der Waals surface area (Å²) in [4.78, 5) is 4.25. The molecule has 1 atom stereocenters. The summed E-state index contributed by atoms with van der Waals surface area (Å²) < 4.78 is 12.7. The van der Waals surface area contributed by atoms with Crippen LogP contribution in [0.4, 0.5) is 0 Å². The summed E-state index contributed by atoms with van der Waals surface area (Å²) in [5.74, 6) is 1.04. The third kappa shape index (κ3) is 2.80. The van der Waals surface area contributed by atoms with E-state index in [-0.39, 0.29) is 0 Å². The van der Waals surface area contributed by atoms with Crippen LogP contribution in [0.3, 0.4) is 0 Å². The monoisotopic (exact) mass is 274 g/mol. The molecule has 106 valence electrons. The number of aromatic nitrogens is 4. The maximum absolute atomic E-state index is 5.52. The van der Waals surface area contributed by atoms with Gasteiger partial charge in [0.2, 0.25) is 5.88 Å². The molecule has 0 radical (unpaired) electrons. The van der Waals surface area contributed by atoms with Crippen molar-refractivity contribution in [3.8, 4) is 5.88 Å². The van der Waals surface area contributed by atoms with E-state index in [0.717, 1.165) is 30.9 Å². The molecule has 1 fully saturated rings. The highest BCUT2D eigenvalue weighted by Crippen LogP contribution is 2.23. The molecule has 3 heterocycles. The fourth-order valence-electron chi connectivity index (χ4n) is 2.33. The van der Waals surface area contributed by atoms with E-state index in [0.29, 0.717) is 24.9 Å². The lowest BCUT2D eigenvalue weighted by atomic mass is 10.1. The maximum atomic E-state index is 5.52. The van der Waals surface area contributed by atoms with E-state index >= 15 is 0 Å². The van der Waals surface area contributed by atoms with E-state index in [1.165, 1.54) is 0 Å². The van der Waals surface area contributed by atoms with Gasteiger partial charge in [-0.2, -0.15) is 0 Å². The predicted octanol–water partition coefficient (Wildman–Crippen LogP) is 1.62. The summed E-state index contributed by atoms with van der Waals surface area (Å²) in [5.41, 5.74) is 2.01. The van der Waals surface area contributed by atoms with Crippen LogP contribution in [-0.4, -0.2) is 39.8 Å². The number of rotatable bonds is 5. The number of hydrogen-bond donors (Lipinski definition) is 0. The summed E-state index contributed by atoms with van der Waals surface area (Å²) >= 11 is 0. The molecule has 1 aliphatic rings. The normalized spacial score (nSPS) is 18.4. The highest BCUT2D eigenvalue weighted by atomic mass is 16.5. The Bertz CT molecular complexity index is 564. The summed E-state index contributed by atoms with van der Waals surface area (Å²) in [6.45, 7) is 4.73. The fraction of sp³-hybridized carbons (Fsp3) is 0.500. The Morgan fingerprint density at radius 2 is 2.45 bits per heavy atom. The number of hydrogen-bond acceptors (Lipinski definition) is 5. The van der Waals surface area contributed by atoms with Gasteiger partial charge in [-0.15, -0.1) is 5.10 Å². The first kappa shape index (κ1) is 13.1. The lowest BCUT2D eigenvalue weighted by molar-refractivity contribution is 0.193. The van der Waals surface area contributed by atoms with Gasteiger partial charge in [0, 0.05) is 30.5 Å². The van der Waals surface area contributed by atoms with E-state index in [1.54, 1.807) is 6.20 Å². The number of nitrogens with zero attached hydrogens (tertiary/aromatic N) is 4. The van der Waals surface area contributed by atoms with Crippen molar-refractivity contribution in [1.82, 2.24) is 20.0 Å². The average molecular weight is 274 g/mol. The molecule has 2 aromatic rings. The van der Waals surface area contributed by atoms with Crippen LogP contribution >= 0.6 is 0 Å². The molecule has 0 N–H and O–H groups in total. The maximum Gasteiger partial charge on any atom is 0.218 e. The Morgan fingerprint density at radius 3 is 3.25 bits per heavy atom. The molecule has 0 aromatic carbocycles. The molecule has 0 amide bonds. The Labute approximate surface area is 117 Å². The van der Waals surface area contributed by atoms with Gasteiger partial charge in [0.25, 0.3) is 0 Å². The molecule has 3 rings (SSSR count). The first-order chi connectivity index (χ1) is 9.86. The summed E-state index contributed by atoms with van der Waals surface area (Å²) in [7, 11) is 0. The van der Waals surface area contributed by atoms with Gasteiger partial charge in [-0.1, -0.05) is 11.3 Å². The summed E-state index contributed by atoms with van der Waals surface area (Å²) in [6, 6.07) is 3.90. The van der Waals surface area contributed by atoms with E-state index in [4.69, 9.17) is 9.47 Å². The van der Waals surface area contributed by atoms with Crippen LogP contribution in [0.5, 0.6) is 5.88 Å². The minimum Gasteiger partial charge on any atom is -0.478 e. The zero-order valence-corrected chi connectivity index (χ0v) is 11.5. The van der Waals surface area contributed by atoms with Gasteiger partial charge in [0.1, 0.15) is 0 Å². The quantitative estimate of drug-likeness (QED) is 0.829. The second kappa shape index (κ2) is 6.00. The molecule has 1 saturated heterocycles. The van der Waals surface area contributed by atoms with Crippen LogP contribution in [0.25, 0.3) is 0 Å². The number of ether oxygens (including phenoxy) is 2. The van der Waals surface area contributed by atoms with Gasteiger partial charge in [-0.25, -0.2) is 9.67 Å². The first-order valence-electron chi connectivity index (χ1n) is 6.91. The van der Waals surface area contributed by atoms with Crippen molar-refractivity contribution < 1.29 is 9.47 Å². The van der Waals surface area contributed by atoms with Crippen LogP contribution in [0.15, 0.2) is 24.5 Å². The molecule has 6 heteroatoms. The van der Waals surface area contributed by atoms with E-state index in [9.17, 15) is 0 Å². The topological polar surface area (TPSA) is 62.1 Å². The first-order valence-corrected chi connectivity index (χ1v) is 6.91. The van der Waals surface area contributed by atoms with Crippen LogP contribution < -0.4 is 4.74 Å². The molecule has 0 bridgehead atoms. The highest BCUT2D eigenvalue weighted by Gasteiger charge is 2.20. The molecule has 0 saturated carbocycles. The van der Waals surface area contributed by atoms with Crippen molar-refractivity contribution in [2.24, 2.45) is 0 Å². The van der Waals surface area contributed by atoms with Crippen LogP contribution in [0.1, 0.15) is 30.5 Å². The van der Waals surface area contributed by atoms with Crippen LogP contribution in [-0.2, 0) is 11.3 Å². The second-order valence-corrected chi connectivity index (χ2v) is 4.80. The molecule has 0 spiro atoms. The molecular weight excluding hydrogens is 256 g/mol. The van der Waals surface area contributed by atoms with Crippen molar-refractivity contribution in [3.63, 3.8) is 0 Å². The zero-order valence-electron chi connectivity index (χ0n) is 11.5. The van der Waals surface area contributed by atoms with Gasteiger partial charge < -0.3 is 9.47 Å². The van der Waals surface area contributed by atoms with Crippen molar-refractivity contribution in [2.45, 2.75) is 25.8 Å². The van der Waals surface area contributed by atoms with Gasteiger partial charge in [-0.05, 0) is 19.4 Å². The van der Waals surface area contributed by atoms with E-state index in [1.807, 2.05) is 29.9 Å². The molecule has 2 aromatic heterocycles. The molecule has 20 heavy (non-hydrogen) atoms. The highest BCUT2D eigenvalue weighted by molar-refractivity contribution is 5.25. The van der Waals surface area contributed by atoms with E-state index < -0.39 is 0 Å². The van der Waals surface area contributed by atoms with Crippen LogP contribution in [0.2, 0.25) is 0 Å². The SMILES string of the molecule is CCOc1ncccc1Cn1cc([C@H]2CCOC2)nn1. The molecule has 1 aliphatic heterocycles. The molecule has 0 unspecified atom stereocenters. The third-order valence-corrected chi connectivity index (χ3v) is 3.37. The molecule has 6 nitrogen and oxygen atoms in total. The van der Waals surface area contributed by atoms with Gasteiger partial charge in [-0.3, -0.25) is 0 Å². The minimum absolute atomic E-state index is 0.379. The van der Waals surface area contributed by atoms with Crippen molar-refractivity contribution in [3.05, 3.63) is 35.8 Å². The third-order valence-electron chi connectivity index (χ3n) is 3.37. The second-order valence-electron chi connectivity index (χ2n) is 4.80. The average Bonchev–Trinajstić information content (AvgIpc) is 3.12. The lowest BCUT2D eigenvalue weighted by Gasteiger charge is -2.08. The predicted molar refractivity (Wildman–Crippen MR) is 72.7 cm³/mol. The van der Waals surface area contributed by atoms with Crippen molar-refractivity contribution in [1.29, 1.82) is 0 Å². The minimum atomic E-state index is 0.379. The van der Waals surface area contributed by atoms with Gasteiger partial charge in [0.15, 0.2) is 0 Å². The van der Waals surface area contributed by atoms with Crippen LogP contribution in [0, 0.1) is 0 Å². The summed E-state index contributed by atoms with van der Waals surface area (Å²) in [6.07, 6.45) is 4.75. The smallest absolute Gasteiger partial charge is 0.218 e. The van der Waals surface area contributed by atoms with Crippen molar-refractivity contribution in [2.75, 3.05) is 19.8 Å². The summed E-state index contributed by atoms with van der Waals surface area (Å²) in [5, 5.41) is 8.43. The largest absolute Gasteiger partial charge is 0.478 e.